The molecule has 0 aliphatic heterocycles. The van der Waals surface area contributed by atoms with Crippen LogP contribution in [0.3, 0.4) is 0 Å². The molecule has 8 heteroatoms. The summed E-state index contributed by atoms with van der Waals surface area (Å²) in [5.41, 5.74) is 0.648. The number of methoxy groups -OCH3 is 2. The minimum Gasteiger partial charge on any atom is -0.507 e. The lowest BCUT2D eigenvalue weighted by Crippen LogP contribution is -2.20. The molecule has 0 aliphatic rings. The van der Waals surface area contributed by atoms with E-state index in [1.54, 1.807) is 25.1 Å². The third-order valence-corrected chi connectivity index (χ3v) is 5.31. The lowest BCUT2D eigenvalue weighted by atomic mass is 10.0. The van der Waals surface area contributed by atoms with Crippen LogP contribution in [-0.4, -0.2) is 35.2 Å². The minimum atomic E-state index is -0.350. The molecule has 1 heterocycles. The predicted molar refractivity (Wildman–Crippen MR) is 120 cm³/mol. The summed E-state index contributed by atoms with van der Waals surface area (Å²) < 4.78 is 12.7. The van der Waals surface area contributed by atoms with Crippen molar-refractivity contribution in [2.24, 2.45) is 5.10 Å². The van der Waals surface area contributed by atoms with Gasteiger partial charge in [0.25, 0.3) is 5.56 Å². The summed E-state index contributed by atoms with van der Waals surface area (Å²) in [6, 6.07) is 12.4. The molecule has 0 atom stereocenters. The number of phenols is 1. The summed E-state index contributed by atoms with van der Waals surface area (Å²) in [5, 5.41) is 16.8. The minimum absolute atomic E-state index is 0.0689. The zero-order chi connectivity index (χ0) is 21.4. The molecule has 0 amide bonds. The van der Waals surface area contributed by atoms with Crippen LogP contribution in [0.1, 0.15) is 11.4 Å². The van der Waals surface area contributed by atoms with Gasteiger partial charge in [0.2, 0.25) is 0 Å². The van der Waals surface area contributed by atoms with Crippen molar-refractivity contribution in [2.45, 2.75) is 6.92 Å². The third kappa shape index (κ3) is 3.39. The maximum atomic E-state index is 13.1. The molecule has 0 fully saturated rings. The molecule has 0 spiro atoms. The van der Waals surface area contributed by atoms with Gasteiger partial charge in [0.1, 0.15) is 11.6 Å². The first kappa shape index (κ1) is 19.9. The van der Waals surface area contributed by atoms with Gasteiger partial charge in [0, 0.05) is 16.1 Å². The number of halogens is 1. The van der Waals surface area contributed by atoms with Crippen molar-refractivity contribution >= 4 is 43.8 Å². The number of rotatable bonds is 4. The van der Waals surface area contributed by atoms with E-state index >= 15 is 0 Å². The van der Waals surface area contributed by atoms with Crippen LogP contribution >= 0.6 is 15.9 Å². The summed E-state index contributed by atoms with van der Waals surface area (Å²) in [4.78, 5) is 17.5. The normalized spacial score (nSPS) is 11.5. The molecule has 7 nitrogen and oxygen atoms in total. The molecule has 4 aromatic rings. The maximum absolute atomic E-state index is 13.1. The van der Waals surface area contributed by atoms with Crippen molar-refractivity contribution in [2.75, 3.05) is 14.2 Å². The summed E-state index contributed by atoms with van der Waals surface area (Å²) in [6.45, 7) is 1.69. The van der Waals surface area contributed by atoms with Gasteiger partial charge in [-0.25, -0.2) is 4.98 Å². The van der Waals surface area contributed by atoms with Crippen LogP contribution in [0.25, 0.3) is 21.7 Å². The summed E-state index contributed by atoms with van der Waals surface area (Å²) in [6.07, 6.45) is 1.47. The fraction of sp³-hybridized carbons (Fsp3) is 0.136. The third-order valence-electron chi connectivity index (χ3n) is 4.82. The Kier molecular flexibility index (Phi) is 5.17. The highest BCUT2D eigenvalue weighted by Crippen LogP contribution is 2.30. The molecule has 1 aromatic heterocycles. The summed E-state index contributed by atoms with van der Waals surface area (Å²) >= 11 is 3.45. The van der Waals surface area contributed by atoms with E-state index in [9.17, 15) is 9.90 Å². The number of aryl methyl sites for hydroxylation is 1. The molecule has 0 saturated heterocycles. The molecule has 0 saturated carbocycles. The van der Waals surface area contributed by atoms with Gasteiger partial charge in [-0.15, -0.1) is 0 Å². The SMILES string of the molecule is COc1cc2nc(C)n(/N=C/c3c(O)ccc4cc(Br)ccc34)c(=O)c2cc1OC. The highest BCUT2D eigenvalue weighted by atomic mass is 79.9. The number of ether oxygens (including phenoxy) is 2. The van der Waals surface area contributed by atoms with E-state index in [1.807, 2.05) is 24.3 Å². The Labute approximate surface area is 180 Å². The average molecular weight is 468 g/mol. The van der Waals surface area contributed by atoms with E-state index in [4.69, 9.17) is 9.47 Å². The van der Waals surface area contributed by atoms with Crippen LogP contribution in [-0.2, 0) is 0 Å². The highest BCUT2D eigenvalue weighted by molar-refractivity contribution is 9.10. The maximum Gasteiger partial charge on any atom is 0.282 e. The highest BCUT2D eigenvalue weighted by Gasteiger charge is 2.13. The quantitative estimate of drug-likeness (QED) is 0.454. The Balaban J connectivity index is 1.89. The number of aromatic nitrogens is 2. The van der Waals surface area contributed by atoms with Gasteiger partial charge in [-0.2, -0.15) is 9.78 Å². The first-order chi connectivity index (χ1) is 14.4. The number of hydrogen-bond donors (Lipinski definition) is 1. The van der Waals surface area contributed by atoms with Gasteiger partial charge in [-0.3, -0.25) is 4.79 Å². The largest absolute Gasteiger partial charge is 0.507 e. The number of phenolic OH excluding ortho intramolecular Hbond substituents is 1. The van der Waals surface area contributed by atoms with Crippen molar-refractivity contribution in [1.29, 1.82) is 0 Å². The van der Waals surface area contributed by atoms with Crippen molar-refractivity contribution < 1.29 is 14.6 Å². The van der Waals surface area contributed by atoms with Crippen molar-refractivity contribution in [3.8, 4) is 17.2 Å². The Bertz CT molecular complexity index is 1380. The van der Waals surface area contributed by atoms with Crippen LogP contribution in [0.2, 0.25) is 0 Å². The predicted octanol–water partition coefficient (Wildman–Crippen LogP) is 4.23. The topological polar surface area (TPSA) is 85.9 Å². The number of aromatic hydroxyl groups is 1. The first-order valence-corrected chi connectivity index (χ1v) is 9.83. The number of nitrogens with zero attached hydrogens (tertiary/aromatic N) is 3. The number of hydrogen-bond acceptors (Lipinski definition) is 6. The van der Waals surface area contributed by atoms with Gasteiger partial charge in [-0.05, 0) is 42.0 Å². The second kappa shape index (κ2) is 7.79. The van der Waals surface area contributed by atoms with Crippen molar-refractivity contribution in [3.05, 3.63) is 68.7 Å². The molecule has 152 valence electrons. The number of fused-ring (bicyclic) bond motifs is 2. The van der Waals surface area contributed by atoms with E-state index in [0.29, 0.717) is 33.8 Å². The molecule has 1 N–H and O–H groups in total. The van der Waals surface area contributed by atoms with Crippen LogP contribution in [0.4, 0.5) is 0 Å². The van der Waals surface area contributed by atoms with Gasteiger partial charge < -0.3 is 14.6 Å². The summed E-state index contributed by atoms with van der Waals surface area (Å²) in [5.74, 6) is 1.39. The number of benzene rings is 3. The molecule has 0 bridgehead atoms. The van der Waals surface area contributed by atoms with Gasteiger partial charge in [0.05, 0.1) is 31.3 Å². The fourth-order valence-electron chi connectivity index (χ4n) is 3.32. The zero-order valence-electron chi connectivity index (χ0n) is 16.5. The van der Waals surface area contributed by atoms with Gasteiger partial charge in [-0.1, -0.05) is 28.1 Å². The Morgan fingerprint density at radius 2 is 1.80 bits per heavy atom. The monoisotopic (exact) mass is 467 g/mol. The fourth-order valence-corrected chi connectivity index (χ4v) is 3.69. The van der Waals surface area contributed by atoms with Gasteiger partial charge in [0.15, 0.2) is 11.5 Å². The molecule has 0 unspecified atom stereocenters. The van der Waals surface area contributed by atoms with Crippen LogP contribution in [0, 0.1) is 6.92 Å². The lowest BCUT2D eigenvalue weighted by Gasteiger charge is -2.11. The van der Waals surface area contributed by atoms with Crippen molar-refractivity contribution in [3.63, 3.8) is 0 Å². The molecule has 4 rings (SSSR count). The molecular weight excluding hydrogens is 450 g/mol. The molecule has 3 aromatic carbocycles. The van der Waals surface area contributed by atoms with E-state index < -0.39 is 0 Å². The van der Waals surface area contributed by atoms with E-state index in [1.165, 1.54) is 25.1 Å². The Morgan fingerprint density at radius 1 is 1.07 bits per heavy atom. The molecule has 0 aliphatic carbocycles. The summed E-state index contributed by atoms with van der Waals surface area (Å²) in [7, 11) is 3.03. The second-order valence-corrected chi connectivity index (χ2v) is 7.52. The van der Waals surface area contributed by atoms with Crippen molar-refractivity contribution in [1.82, 2.24) is 9.66 Å². The average Bonchev–Trinajstić information content (AvgIpc) is 2.74. The van der Waals surface area contributed by atoms with E-state index in [-0.39, 0.29) is 11.3 Å². The second-order valence-electron chi connectivity index (χ2n) is 6.61. The van der Waals surface area contributed by atoms with Crippen LogP contribution in [0.15, 0.2) is 56.8 Å². The van der Waals surface area contributed by atoms with Gasteiger partial charge >= 0.3 is 0 Å². The lowest BCUT2D eigenvalue weighted by molar-refractivity contribution is 0.355. The standard InChI is InChI=1S/C22H18BrN3O4/c1-12-25-18-10-21(30-3)20(29-2)9-16(18)22(28)26(12)24-11-17-15-6-5-14(23)8-13(15)4-7-19(17)27/h4-11,27H,1-3H3/b24-11+. The molecule has 30 heavy (non-hydrogen) atoms. The molecule has 0 radical (unpaired) electrons. The zero-order valence-corrected chi connectivity index (χ0v) is 18.1. The van der Waals surface area contributed by atoms with Crippen LogP contribution in [0.5, 0.6) is 17.2 Å². The Hall–Kier alpha value is -3.39. The molecular formula is C22H18BrN3O4. The van der Waals surface area contributed by atoms with Crippen LogP contribution < -0.4 is 15.0 Å². The first-order valence-electron chi connectivity index (χ1n) is 9.04. The van der Waals surface area contributed by atoms with E-state index in [0.717, 1.165) is 15.2 Å². The Morgan fingerprint density at radius 3 is 2.53 bits per heavy atom. The smallest absolute Gasteiger partial charge is 0.282 e. The van der Waals surface area contributed by atoms with E-state index in [2.05, 4.69) is 26.0 Å².